The van der Waals surface area contributed by atoms with E-state index in [0.717, 1.165) is 45.4 Å². The molecule has 1 fully saturated rings. The van der Waals surface area contributed by atoms with Crippen molar-refractivity contribution in [3.05, 3.63) is 53.4 Å². The molecule has 9 heteroatoms. The Balaban J connectivity index is 1.25. The molecule has 4 aromatic rings. The lowest BCUT2D eigenvalue weighted by atomic mass is 9.87. The zero-order chi connectivity index (χ0) is 22.1. The van der Waals surface area contributed by atoms with Crippen LogP contribution in [0.2, 0.25) is 0 Å². The van der Waals surface area contributed by atoms with Crippen LogP contribution in [0, 0.1) is 5.92 Å². The Bertz CT molecular complexity index is 1250. The number of rotatable bonds is 5. The van der Waals surface area contributed by atoms with E-state index >= 15 is 0 Å². The summed E-state index contributed by atoms with van der Waals surface area (Å²) in [5.41, 5.74) is 4.06. The van der Waals surface area contributed by atoms with Crippen LogP contribution in [0.5, 0.6) is 5.88 Å². The second-order valence-electron chi connectivity index (χ2n) is 7.83. The molecule has 0 bridgehead atoms. The van der Waals surface area contributed by atoms with Gasteiger partial charge in [-0.1, -0.05) is 0 Å². The lowest BCUT2D eigenvalue weighted by molar-refractivity contribution is -0.143. The molecule has 0 saturated heterocycles. The van der Waals surface area contributed by atoms with Crippen molar-refractivity contribution < 1.29 is 14.6 Å². The zero-order valence-corrected chi connectivity index (χ0v) is 18.6. The number of pyridine rings is 3. The van der Waals surface area contributed by atoms with Gasteiger partial charge in [-0.2, -0.15) is 0 Å². The number of carbonyl (C=O) groups is 1. The monoisotopic (exact) mass is 493 g/mol. The van der Waals surface area contributed by atoms with E-state index in [1.807, 2.05) is 36.4 Å². The summed E-state index contributed by atoms with van der Waals surface area (Å²) in [6.45, 7) is 0. The summed E-state index contributed by atoms with van der Waals surface area (Å²) in [5.74, 6) is 0.292. The summed E-state index contributed by atoms with van der Waals surface area (Å²) in [7, 11) is 0. The highest BCUT2D eigenvalue weighted by Gasteiger charge is 2.27. The number of aromatic nitrogens is 5. The third-order valence-corrected chi connectivity index (χ3v) is 6.13. The van der Waals surface area contributed by atoms with Crippen LogP contribution in [0.15, 0.2) is 53.4 Å². The van der Waals surface area contributed by atoms with Crippen molar-refractivity contribution in [2.75, 3.05) is 0 Å². The molecule has 0 unspecified atom stereocenters. The average Bonchev–Trinajstić information content (AvgIpc) is 3.23. The topological polar surface area (TPSA) is 114 Å². The van der Waals surface area contributed by atoms with Crippen molar-refractivity contribution in [2.45, 2.75) is 31.8 Å². The van der Waals surface area contributed by atoms with Crippen molar-refractivity contribution in [3.8, 4) is 28.5 Å². The van der Waals surface area contributed by atoms with Gasteiger partial charge < -0.3 is 14.8 Å². The third-order valence-electron chi connectivity index (χ3n) is 5.69. The second kappa shape index (κ2) is 8.66. The van der Waals surface area contributed by atoms with Crippen molar-refractivity contribution in [1.82, 2.24) is 24.9 Å². The maximum absolute atomic E-state index is 11.1. The largest absolute Gasteiger partial charge is 0.481 e. The number of nitrogens with one attached hydrogen (secondary N) is 1. The molecule has 0 atom stereocenters. The van der Waals surface area contributed by atoms with Gasteiger partial charge in [-0.25, -0.2) is 15.0 Å². The predicted molar refractivity (Wildman–Crippen MR) is 122 cm³/mol. The van der Waals surface area contributed by atoms with Gasteiger partial charge in [0.05, 0.1) is 11.6 Å². The minimum absolute atomic E-state index is 0.0141. The fraction of sp³-hybridized carbons (Fsp3) is 0.261. The molecule has 0 spiro atoms. The number of imidazole rings is 1. The van der Waals surface area contributed by atoms with Gasteiger partial charge in [-0.15, -0.1) is 0 Å². The first-order valence-electron chi connectivity index (χ1n) is 10.4. The van der Waals surface area contributed by atoms with E-state index in [1.54, 1.807) is 12.4 Å². The molecule has 0 radical (unpaired) electrons. The van der Waals surface area contributed by atoms with E-state index < -0.39 is 5.97 Å². The van der Waals surface area contributed by atoms with Gasteiger partial charge in [0.15, 0.2) is 5.65 Å². The molecule has 0 aromatic carbocycles. The van der Waals surface area contributed by atoms with E-state index in [-0.39, 0.29) is 12.0 Å². The Morgan fingerprint density at radius 3 is 2.44 bits per heavy atom. The number of H-pyrrole nitrogens is 1. The highest BCUT2D eigenvalue weighted by Crippen LogP contribution is 2.28. The van der Waals surface area contributed by atoms with Crippen LogP contribution in [-0.4, -0.2) is 42.1 Å². The third kappa shape index (κ3) is 4.34. The Kier molecular flexibility index (Phi) is 5.57. The number of hydrogen-bond donors (Lipinski definition) is 2. The number of fused-ring (bicyclic) bond motifs is 1. The van der Waals surface area contributed by atoms with Gasteiger partial charge in [-0.05, 0) is 71.9 Å². The van der Waals surface area contributed by atoms with E-state index in [2.05, 4.69) is 40.8 Å². The van der Waals surface area contributed by atoms with Crippen LogP contribution in [0.1, 0.15) is 25.7 Å². The average molecular weight is 494 g/mol. The standard InChI is InChI=1S/C23H20BrN5O3/c24-19-9-8-18-22(28-19)29-21(27-18)15-3-7-17(25-12-15)14-4-10-20(26-11-14)32-16-5-1-13(2-6-16)23(30)31/h3-4,7-13,16H,1-2,5-6H2,(H,30,31)(H,27,28,29). The van der Waals surface area contributed by atoms with Crippen LogP contribution < -0.4 is 4.74 Å². The van der Waals surface area contributed by atoms with Gasteiger partial charge >= 0.3 is 5.97 Å². The summed E-state index contributed by atoms with van der Waals surface area (Å²) in [5, 5.41) is 9.11. The maximum Gasteiger partial charge on any atom is 0.306 e. The number of ether oxygens (including phenoxy) is 1. The smallest absolute Gasteiger partial charge is 0.306 e. The van der Waals surface area contributed by atoms with Gasteiger partial charge in [0.2, 0.25) is 5.88 Å². The number of aliphatic carboxylic acids is 1. The van der Waals surface area contributed by atoms with E-state index in [4.69, 9.17) is 9.84 Å². The second-order valence-corrected chi connectivity index (χ2v) is 8.65. The van der Waals surface area contributed by atoms with Crippen LogP contribution in [0.3, 0.4) is 0 Å². The van der Waals surface area contributed by atoms with Crippen LogP contribution in [0.25, 0.3) is 33.8 Å². The minimum Gasteiger partial charge on any atom is -0.481 e. The Labute approximate surface area is 192 Å². The van der Waals surface area contributed by atoms with Crippen molar-refractivity contribution in [1.29, 1.82) is 0 Å². The maximum atomic E-state index is 11.1. The molecule has 1 saturated carbocycles. The molecular weight excluding hydrogens is 474 g/mol. The van der Waals surface area contributed by atoms with Crippen LogP contribution in [0.4, 0.5) is 0 Å². The highest BCUT2D eigenvalue weighted by molar-refractivity contribution is 9.10. The zero-order valence-electron chi connectivity index (χ0n) is 17.0. The molecule has 0 aliphatic heterocycles. The fourth-order valence-electron chi connectivity index (χ4n) is 3.91. The van der Waals surface area contributed by atoms with Gasteiger partial charge in [0.1, 0.15) is 22.0 Å². The summed E-state index contributed by atoms with van der Waals surface area (Å²) in [6, 6.07) is 11.4. The lowest BCUT2D eigenvalue weighted by Gasteiger charge is -2.26. The quantitative estimate of drug-likeness (QED) is 0.381. The molecule has 2 N–H and O–H groups in total. The normalized spacial score (nSPS) is 18.5. The molecule has 4 aromatic heterocycles. The molecule has 8 nitrogen and oxygen atoms in total. The van der Waals surface area contributed by atoms with E-state index in [1.165, 1.54) is 0 Å². The molecular formula is C23H20BrN5O3. The summed E-state index contributed by atoms with van der Waals surface area (Å²) >= 11 is 3.37. The molecule has 4 heterocycles. The van der Waals surface area contributed by atoms with Crippen LogP contribution >= 0.6 is 15.9 Å². The lowest BCUT2D eigenvalue weighted by Crippen LogP contribution is -2.28. The van der Waals surface area contributed by atoms with Crippen molar-refractivity contribution in [3.63, 3.8) is 0 Å². The van der Waals surface area contributed by atoms with Gasteiger partial charge in [0.25, 0.3) is 0 Å². The summed E-state index contributed by atoms with van der Waals surface area (Å²) in [4.78, 5) is 32.2. The molecule has 1 aliphatic carbocycles. The molecule has 1 aliphatic rings. The molecule has 5 rings (SSSR count). The van der Waals surface area contributed by atoms with E-state index in [0.29, 0.717) is 24.5 Å². The number of carboxylic acid groups (broad SMARTS) is 1. The number of aromatic amines is 1. The van der Waals surface area contributed by atoms with Gasteiger partial charge in [0, 0.05) is 29.6 Å². The van der Waals surface area contributed by atoms with Crippen molar-refractivity contribution in [2.24, 2.45) is 5.92 Å². The SMILES string of the molecule is O=C(O)C1CCC(Oc2ccc(-c3ccc(-c4nc5ccc(Br)nc5[nH]4)cn3)cn2)CC1. The predicted octanol–water partition coefficient (Wildman–Crippen LogP) is 4.87. The first kappa shape index (κ1) is 20.6. The molecule has 32 heavy (non-hydrogen) atoms. The highest BCUT2D eigenvalue weighted by atomic mass is 79.9. The molecule has 162 valence electrons. The summed E-state index contributed by atoms with van der Waals surface area (Å²) < 4.78 is 6.69. The molecule has 0 amide bonds. The Morgan fingerprint density at radius 1 is 0.969 bits per heavy atom. The van der Waals surface area contributed by atoms with E-state index in [9.17, 15) is 4.79 Å². The van der Waals surface area contributed by atoms with Gasteiger partial charge in [-0.3, -0.25) is 9.78 Å². The number of hydrogen-bond acceptors (Lipinski definition) is 6. The minimum atomic E-state index is -0.713. The summed E-state index contributed by atoms with van der Waals surface area (Å²) in [6.07, 6.45) is 6.28. The van der Waals surface area contributed by atoms with Crippen LogP contribution in [-0.2, 0) is 4.79 Å². The number of halogens is 1. The number of nitrogens with zero attached hydrogens (tertiary/aromatic N) is 4. The Hall–Kier alpha value is -3.33. The Morgan fingerprint density at radius 2 is 1.75 bits per heavy atom. The van der Waals surface area contributed by atoms with Crippen molar-refractivity contribution >= 4 is 33.1 Å². The number of carboxylic acids is 1. The first-order valence-corrected chi connectivity index (χ1v) is 11.2. The first-order chi connectivity index (χ1) is 15.5. The fourth-order valence-corrected chi connectivity index (χ4v) is 4.22.